The van der Waals surface area contributed by atoms with E-state index in [1.807, 2.05) is 12.4 Å². The molecule has 1 unspecified atom stereocenters. The zero-order valence-electron chi connectivity index (χ0n) is 13.4. The normalized spacial score (nSPS) is 19.6. The summed E-state index contributed by atoms with van der Waals surface area (Å²) in [5, 5.41) is 13.2. The molecule has 1 amide bonds. The van der Waals surface area contributed by atoms with Crippen LogP contribution < -0.4 is 10.2 Å². The average Bonchev–Trinajstić information content (AvgIpc) is 3.21. The fraction of sp³-hybridized carbons (Fsp3) is 0.688. The number of carbonyl (C=O) groups excluding carboxylic acids is 1. The lowest BCUT2D eigenvalue weighted by Gasteiger charge is -2.20. The van der Waals surface area contributed by atoms with Crippen LogP contribution >= 0.6 is 0 Å². The Morgan fingerprint density at radius 3 is 2.57 bits per heavy atom. The van der Waals surface area contributed by atoms with Crippen LogP contribution in [0.2, 0.25) is 0 Å². The molecule has 23 heavy (non-hydrogen) atoms. The topological polar surface area (TPSA) is 81.6 Å². The van der Waals surface area contributed by atoms with Gasteiger partial charge in [-0.25, -0.2) is 9.97 Å². The minimum atomic E-state index is -0.540. The van der Waals surface area contributed by atoms with Crippen LogP contribution in [-0.4, -0.2) is 64.7 Å². The molecule has 0 aliphatic carbocycles. The smallest absolute Gasteiger partial charge is 0.225 e. The fourth-order valence-electron chi connectivity index (χ4n) is 3.12. The largest absolute Gasteiger partial charge is 0.390 e. The summed E-state index contributed by atoms with van der Waals surface area (Å²) in [5.74, 6) is 0.953. The van der Waals surface area contributed by atoms with E-state index in [2.05, 4.69) is 20.2 Å². The van der Waals surface area contributed by atoms with E-state index in [0.29, 0.717) is 26.1 Å². The van der Waals surface area contributed by atoms with Crippen molar-refractivity contribution >= 4 is 11.9 Å². The molecule has 7 nitrogen and oxygen atoms in total. The molecule has 2 fully saturated rings. The van der Waals surface area contributed by atoms with Crippen molar-refractivity contribution in [3.63, 3.8) is 0 Å². The van der Waals surface area contributed by atoms with Crippen molar-refractivity contribution in [1.29, 1.82) is 0 Å². The highest BCUT2D eigenvalue weighted by Crippen LogP contribution is 2.14. The molecule has 2 aliphatic rings. The Labute approximate surface area is 136 Å². The number of nitrogens with one attached hydrogen (secondary N) is 1. The van der Waals surface area contributed by atoms with Crippen molar-refractivity contribution in [1.82, 2.24) is 20.2 Å². The lowest BCUT2D eigenvalue weighted by Crippen LogP contribution is -2.38. The molecule has 2 N–H and O–H groups in total. The van der Waals surface area contributed by atoms with E-state index in [1.54, 1.807) is 4.90 Å². The number of nitrogens with zero attached hydrogens (tertiary/aromatic N) is 4. The van der Waals surface area contributed by atoms with Gasteiger partial charge in [0.2, 0.25) is 11.9 Å². The number of anilines is 1. The predicted octanol–water partition coefficient (Wildman–Crippen LogP) is 0.150. The number of carbonyl (C=O) groups is 1. The van der Waals surface area contributed by atoms with Gasteiger partial charge in [-0.3, -0.25) is 4.79 Å². The number of likely N-dealkylation sites (tertiary alicyclic amines) is 1. The first kappa shape index (κ1) is 16.1. The lowest BCUT2D eigenvalue weighted by molar-refractivity contribution is -0.128. The second-order valence-electron chi connectivity index (χ2n) is 6.31. The molecule has 3 heterocycles. The highest BCUT2D eigenvalue weighted by molar-refractivity contribution is 5.78. The van der Waals surface area contributed by atoms with Gasteiger partial charge in [0.15, 0.2) is 0 Å². The first-order valence-corrected chi connectivity index (χ1v) is 8.45. The zero-order chi connectivity index (χ0) is 16.1. The Kier molecular flexibility index (Phi) is 5.40. The van der Waals surface area contributed by atoms with Gasteiger partial charge in [-0.1, -0.05) is 0 Å². The Hall–Kier alpha value is -1.73. The number of aromatic nitrogens is 2. The minimum absolute atomic E-state index is 0.148. The summed E-state index contributed by atoms with van der Waals surface area (Å²) in [6.45, 7) is 4.33. The first-order chi connectivity index (χ1) is 11.2. The summed E-state index contributed by atoms with van der Waals surface area (Å²) >= 11 is 0. The van der Waals surface area contributed by atoms with Gasteiger partial charge in [-0.15, -0.1) is 0 Å². The van der Waals surface area contributed by atoms with Crippen LogP contribution in [0.5, 0.6) is 0 Å². The van der Waals surface area contributed by atoms with E-state index < -0.39 is 6.10 Å². The van der Waals surface area contributed by atoms with Crippen molar-refractivity contribution < 1.29 is 9.90 Å². The second-order valence-corrected chi connectivity index (χ2v) is 6.31. The first-order valence-electron chi connectivity index (χ1n) is 8.45. The van der Waals surface area contributed by atoms with Gasteiger partial charge in [0, 0.05) is 63.6 Å². The minimum Gasteiger partial charge on any atom is -0.390 e. The van der Waals surface area contributed by atoms with Gasteiger partial charge in [0.05, 0.1) is 6.10 Å². The van der Waals surface area contributed by atoms with E-state index in [0.717, 1.165) is 37.6 Å². The molecule has 1 atom stereocenters. The second kappa shape index (κ2) is 7.70. The van der Waals surface area contributed by atoms with Crippen molar-refractivity contribution in [2.45, 2.75) is 38.3 Å². The molecule has 0 bridgehead atoms. The van der Waals surface area contributed by atoms with Gasteiger partial charge < -0.3 is 20.2 Å². The predicted molar refractivity (Wildman–Crippen MR) is 87.0 cm³/mol. The third-order valence-electron chi connectivity index (χ3n) is 4.39. The molecule has 126 valence electrons. The van der Waals surface area contributed by atoms with Gasteiger partial charge in [-0.05, 0) is 19.3 Å². The number of rotatable bonds is 7. The summed E-state index contributed by atoms with van der Waals surface area (Å²) < 4.78 is 0. The summed E-state index contributed by atoms with van der Waals surface area (Å²) in [5.41, 5.74) is 0.998. The number of aliphatic hydroxyl groups is 1. The molecule has 0 radical (unpaired) electrons. The number of aliphatic hydroxyl groups excluding tert-OH is 1. The van der Waals surface area contributed by atoms with Crippen molar-refractivity contribution in [2.24, 2.45) is 0 Å². The molecule has 1 aromatic heterocycles. The van der Waals surface area contributed by atoms with Crippen LogP contribution in [0.3, 0.4) is 0 Å². The highest BCUT2D eigenvalue weighted by Gasteiger charge is 2.22. The molecule has 0 aromatic carbocycles. The Balaban J connectivity index is 1.38. The van der Waals surface area contributed by atoms with E-state index in [-0.39, 0.29) is 5.91 Å². The van der Waals surface area contributed by atoms with Crippen LogP contribution in [0, 0.1) is 0 Å². The van der Waals surface area contributed by atoms with Gasteiger partial charge in [-0.2, -0.15) is 0 Å². The maximum atomic E-state index is 11.5. The molecule has 2 aliphatic heterocycles. The van der Waals surface area contributed by atoms with E-state index >= 15 is 0 Å². The summed E-state index contributed by atoms with van der Waals surface area (Å²) in [6, 6.07) is 0. The fourth-order valence-corrected chi connectivity index (χ4v) is 3.12. The summed E-state index contributed by atoms with van der Waals surface area (Å²) in [4.78, 5) is 24.3. The monoisotopic (exact) mass is 319 g/mol. The van der Waals surface area contributed by atoms with Crippen LogP contribution in [0.15, 0.2) is 12.4 Å². The molecule has 3 rings (SSSR count). The van der Waals surface area contributed by atoms with Crippen LogP contribution in [0.4, 0.5) is 5.95 Å². The number of hydrogen-bond donors (Lipinski definition) is 2. The third-order valence-corrected chi connectivity index (χ3v) is 4.39. The molecular formula is C16H25N5O2. The molecule has 2 saturated heterocycles. The Morgan fingerprint density at radius 2 is 1.91 bits per heavy atom. The summed E-state index contributed by atoms with van der Waals surface area (Å²) in [6.07, 6.45) is 7.07. The molecule has 0 spiro atoms. The number of amides is 1. The molecule has 1 aromatic rings. The molecule has 0 saturated carbocycles. The lowest BCUT2D eigenvalue weighted by atomic mass is 10.3. The molecule has 7 heteroatoms. The van der Waals surface area contributed by atoms with Gasteiger partial charge in [0.25, 0.3) is 0 Å². The Morgan fingerprint density at radius 1 is 1.17 bits per heavy atom. The van der Waals surface area contributed by atoms with Gasteiger partial charge >= 0.3 is 0 Å². The van der Waals surface area contributed by atoms with Crippen molar-refractivity contribution in [3.05, 3.63) is 18.0 Å². The van der Waals surface area contributed by atoms with E-state index in [1.165, 1.54) is 12.8 Å². The number of hydrogen-bond acceptors (Lipinski definition) is 6. The van der Waals surface area contributed by atoms with Gasteiger partial charge in [0.1, 0.15) is 0 Å². The Bertz CT molecular complexity index is 516. The average molecular weight is 319 g/mol. The standard InChI is InChI=1S/C16H25N5O2/c22-14(12-21-7-3-4-15(21)23)11-17-8-13-9-18-16(19-10-13)20-5-1-2-6-20/h9-10,14,17,22H,1-8,11-12H2. The zero-order valence-corrected chi connectivity index (χ0v) is 13.4. The third kappa shape index (κ3) is 4.39. The highest BCUT2D eigenvalue weighted by atomic mass is 16.3. The summed E-state index contributed by atoms with van der Waals surface area (Å²) in [7, 11) is 0. The maximum Gasteiger partial charge on any atom is 0.225 e. The van der Waals surface area contributed by atoms with Crippen LogP contribution in [-0.2, 0) is 11.3 Å². The van der Waals surface area contributed by atoms with Crippen molar-refractivity contribution in [2.75, 3.05) is 37.6 Å². The van der Waals surface area contributed by atoms with E-state index in [9.17, 15) is 9.90 Å². The molecular weight excluding hydrogens is 294 g/mol. The quantitative estimate of drug-likeness (QED) is 0.744. The maximum absolute atomic E-state index is 11.5. The number of β-amino-alcohol motifs (C(OH)–C–C–N with tert-alkyl or cyclic N) is 1. The SMILES string of the molecule is O=C1CCCN1CC(O)CNCc1cnc(N2CCCC2)nc1. The van der Waals surface area contributed by atoms with Crippen LogP contribution in [0.25, 0.3) is 0 Å². The van der Waals surface area contributed by atoms with E-state index in [4.69, 9.17) is 0 Å². The van der Waals surface area contributed by atoms with Crippen molar-refractivity contribution in [3.8, 4) is 0 Å². The van der Waals surface area contributed by atoms with Crippen LogP contribution in [0.1, 0.15) is 31.2 Å².